The Bertz CT molecular complexity index is 1830. The number of hydrogen-bond acceptors (Lipinski definition) is 15. The number of nitrogens with two attached hydrogens (primary N) is 2. The van der Waals surface area contributed by atoms with E-state index >= 15 is 0 Å². The standard InChI is InChI=1S/C26H35N8O11PS2/c1-26(2)22(24(36)34(26)45-48(39,40)41)30-23(35)21(19-15-47-25(28)29-19)31-44-20(46(37,38)42-4)14-43-18-8-6-16(7-9-18)17-12-32(3)33(13-17)11-5-10-27/h6-9,12-13,15,20,22H,5,10-11,14,27H2,1-4H3,(H4-,28,29,30,35,37,38,39,40,41)/b31-21-/t20-,22-/m1/s1. The molecule has 19 nitrogen and oxygen atoms in total. The zero-order valence-electron chi connectivity index (χ0n) is 26.2. The van der Waals surface area contributed by atoms with Crippen LogP contribution in [0.25, 0.3) is 11.1 Å². The quantitative estimate of drug-likeness (QED) is 0.0283. The zero-order chi connectivity index (χ0) is 35.4. The molecule has 1 unspecified atom stereocenters. The predicted octanol–water partition coefficient (Wildman–Crippen LogP) is -0.178. The summed E-state index contributed by atoms with van der Waals surface area (Å²) in [7, 11) is -6.93. The first-order valence-corrected chi connectivity index (χ1v) is 18.0. The number of carbonyl (C=O) groups is 2. The van der Waals surface area contributed by atoms with E-state index in [1.54, 1.807) is 24.3 Å². The highest BCUT2D eigenvalue weighted by molar-refractivity contribution is 7.80. The molecular formula is C26H35N8O11PS2. The monoisotopic (exact) mass is 730 g/mol. The highest BCUT2D eigenvalue weighted by Crippen LogP contribution is 2.47. The first-order chi connectivity index (χ1) is 22.5. The lowest BCUT2D eigenvalue weighted by molar-refractivity contribution is -0.753. The number of anilines is 1. The molecule has 1 aliphatic rings. The number of β-lactam (4-membered cyclic amide) rings is 1. The minimum absolute atomic E-state index is 0.0414. The van der Waals surface area contributed by atoms with Crippen LogP contribution in [0.2, 0.25) is 0 Å². The van der Waals surface area contributed by atoms with E-state index in [1.165, 1.54) is 19.2 Å². The number of aryl methyl sites for hydroxylation is 2. The van der Waals surface area contributed by atoms with Crippen molar-refractivity contribution in [1.82, 2.24) is 20.0 Å². The molecule has 1 saturated heterocycles. The summed E-state index contributed by atoms with van der Waals surface area (Å²) in [6.07, 6.45) is 4.77. The van der Waals surface area contributed by atoms with E-state index in [4.69, 9.17) is 25.6 Å². The number of ether oxygens (including phenoxy) is 1. The van der Waals surface area contributed by atoms with E-state index in [2.05, 4.69) is 19.7 Å². The van der Waals surface area contributed by atoms with Crippen molar-refractivity contribution in [3.63, 3.8) is 0 Å². The Labute approximate surface area is 279 Å². The number of rotatable bonds is 16. The van der Waals surface area contributed by atoms with E-state index in [0.29, 0.717) is 17.4 Å². The third-order valence-corrected chi connectivity index (χ3v) is 9.68. The third kappa shape index (κ3) is 8.55. The summed E-state index contributed by atoms with van der Waals surface area (Å²) in [5.74, 6) is -3.52. The van der Waals surface area contributed by atoms with Gasteiger partial charge in [0.2, 0.25) is 16.6 Å². The number of nitrogens with one attached hydrogen (secondary N) is 1. The lowest BCUT2D eigenvalue weighted by Gasteiger charge is -2.51. The fourth-order valence-electron chi connectivity index (χ4n) is 4.53. The molecule has 0 bridgehead atoms. The molecule has 3 heterocycles. The van der Waals surface area contributed by atoms with Crippen molar-refractivity contribution in [3.8, 4) is 16.9 Å². The number of hydrogen-bond donors (Lipinski definition) is 4. The lowest BCUT2D eigenvalue weighted by atomic mass is 9.84. The molecule has 2 aromatic heterocycles. The van der Waals surface area contributed by atoms with Crippen molar-refractivity contribution < 1.29 is 55.1 Å². The van der Waals surface area contributed by atoms with E-state index in [9.17, 15) is 32.0 Å². The van der Waals surface area contributed by atoms with Gasteiger partial charge in [-0.1, -0.05) is 17.3 Å². The van der Waals surface area contributed by atoms with Crippen LogP contribution in [-0.4, -0.2) is 87.8 Å². The SMILES string of the molecule is COP(=O)(O)[C@H](COc1ccc(-c2cn(CCCN)[n+](C)c2)cc1)O/N=C(\C(=O)N[C@@H]1C(=O)N(OS(=O)(=O)[O-])C1(C)C)c1csc(N)n1. The summed E-state index contributed by atoms with van der Waals surface area (Å²) in [4.78, 5) is 45.7. The second-order valence-electron chi connectivity index (χ2n) is 10.9. The van der Waals surface area contributed by atoms with Gasteiger partial charge in [0.25, 0.3) is 17.7 Å². The maximum Gasteiger partial charge on any atom is 0.374 e. The molecule has 1 aliphatic heterocycles. The van der Waals surface area contributed by atoms with Gasteiger partial charge in [-0.05, 0) is 44.5 Å². The molecule has 2 amide bonds. The first kappa shape index (κ1) is 36.9. The van der Waals surface area contributed by atoms with Gasteiger partial charge in [-0.3, -0.25) is 14.2 Å². The van der Waals surface area contributed by atoms with Crippen LogP contribution in [0.1, 0.15) is 26.0 Å². The number of nitrogen functional groups attached to an aromatic ring is 1. The van der Waals surface area contributed by atoms with Crippen molar-refractivity contribution in [3.05, 3.63) is 47.7 Å². The molecule has 3 aromatic rings. The number of carbonyl (C=O) groups excluding carboxylic acids is 2. The highest BCUT2D eigenvalue weighted by Gasteiger charge is 2.57. The summed E-state index contributed by atoms with van der Waals surface area (Å²) in [5, 5.41) is 7.82. The molecule has 1 fully saturated rings. The number of nitrogens with zero attached hydrogens (tertiary/aromatic N) is 5. The molecule has 4 rings (SSSR count). The summed E-state index contributed by atoms with van der Waals surface area (Å²) < 4.78 is 64.5. The summed E-state index contributed by atoms with van der Waals surface area (Å²) in [6, 6.07) is 5.54. The van der Waals surface area contributed by atoms with Crippen molar-refractivity contribution in [2.45, 2.75) is 44.2 Å². The molecule has 262 valence electrons. The van der Waals surface area contributed by atoms with Gasteiger partial charge < -0.3 is 40.3 Å². The van der Waals surface area contributed by atoms with Crippen LogP contribution in [0, 0.1) is 0 Å². The second kappa shape index (κ2) is 14.7. The van der Waals surface area contributed by atoms with Crippen molar-refractivity contribution in [2.75, 3.05) is 26.0 Å². The van der Waals surface area contributed by atoms with Gasteiger partial charge in [0.15, 0.2) is 17.9 Å². The minimum Gasteiger partial charge on any atom is -0.724 e. The van der Waals surface area contributed by atoms with Gasteiger partial charge in [0.1, 0.15) is 24.1 Å². The second-order valence-corrected chi connectivity index (χ2v) is 14.8. The van der Waals surface area contributed by atoms with Gasteiger partial charge in [-0.2, -0.15) is 14.0 Å². The Morgan fingerprint density at radius 3 is 2.56 bits per heavy atom. The Morgan fingerprint density at radius 1 is 1.31 bits per heavy atom. The van der Waals surface area contributed by atoms with Crippen LogP contribution in [0.15, 0.2) is 47.2 Å². The summed E-state index contributed by atoms with van der Waals surface area (Å²) >= 11 is 0.945. The van der Waals surface area contributed by atoms with E-state index < -0.39 is 59.6 Å². The minimum atomic E-state index is -5.28. The third-order valence-electron chi connectivity index (χ3n) is 7.18. The maximum atomic E-state index is 13.3. The molecule has 48 heavy (non-hydrogen) atoms. The van der Waals surface area contributed by atoms with E-state index in [1.807, 2.05) is 28.8 Å². The van der Waals surface area contributed by atoms with Crippen LogP contribution in [0.3, 0.4) is 0 Å². The van der Waals surface area contributed by atoms with Crippen LogP contribution in [0.4, 0.5) is 5.13 Å². The van der Waals surface area contributed by atoms with Gasteiger partial charge in [0, 0.05) is 12.5 Å². The molecule has 1 aromatic carbocycles. The molecule has 6 N–H and O–H groups in total. The average Bonchev–Trinajstić information content (AvgIpc) is 3.63. The molecular weight excluding hydrogens is 695 g/mol. The van der Waals surface area contributed by atoms with Gasteiger partial charge >= 0.3 is 7.60 Å². The molecule has 0 saturated carbocycles. The molecule has 0 spiro atoms. The van der Waals surface area contributed by atoms with E-state index in [-0.39, 0.29) is 10.8 Å². The number of hydroxylamine groups is 2. The summed E-state index contributed by atoms with van der Waals surface area (Å²) in [5.41, 5.74) is 11.0. The molecule has 3 atom stereocenters. The number of benzene rings is 1. The maximum absolute atomic E-state index is 13.3. The molecule has 0 radical (unpaired) electrons. The fourth-order valence-corrected chi connectivity index (χ4v) is 6.19. The van der Waals surface area contributed by atoms with Crippen LogP contribution in [-0.2, 0) is 51.8 Å². The normalized spacial score (nSPS) is 18.1. The smallest absolute Gasteiger partial charge is 0.374 e. The van der Waals surface area contributed by atoms with E-state index in [0.717, 1.165) is 42.5 Å². The van der Waals surface area contributed by atoms with Crippen molar-refractivity contribution in [2.24, 2.45) is 17.9 Å². The average molecular weight is 731 g/mol. The topological polar surface area (TPSA) is 267 Å². The largest absolute Gasteiger partial charge is 0.724 e. The first-order valence-electron chi connectivity index (χ1n) is 14.1. The zero-order valence-corrected chi connectivity index (χ0v) is 28.7. The fraction of sp³-hybridized carbons (Fsp3) is 0.423. The van der Waals surface area contributed by atoms with Gasteiger partial charge in [-0.25, -0.2) is 13.4 Å². The van der Waals surface area contributed by atoms with Crippen LogP contribution >= 0.6 is 18.9 Å². The molecule has 0 aliphatic carbocycles. The molecule has 22 heteroatoms. The van der Waals surface area contributed by atoms with Crippen molar-refractivity contribution in [1.29, 1.82) is 0 Å². The number of oxime groups is 1. The summed E-state index contributed by atoms with van der Waals surface area (Å²) in [6.45, 7) is 3.45. The lowest BCUT2D eigenvalue weighted by Crippen LogP contribution is -2.76. The number of amides is 2. The van der Waals surface area contributed by atoms with Crippen LogP contribution < -0.4 is 26.2 Å². The Balaban J connectivity index is 1.50. The highest BCUT2D eigenvalue weighted by atomic mass is 32.3. The number of thiazole rings is 1. The van der Waals surface area contributed by atoms with Crippen LogP contribution in [0.5, 0.6) is 5.75 Å². The Morgan fingerprint density at radius 2 is 2.00 bits per heavy atom. The van der Waals surface area contributed by atoms with Gasteiger partial charge in [0.05, 0.1) is 23.8 Å². The Kier molecular flexibility index (Phi) is 11.3. The van der Waals surface area contributed by atoms with Crippen molar-refractivity contribution >= 4 is 52.0 Å². The predicted molar refractivity (Wildman–Crippen MR) is 169 cm³/mol. The van der Waals surface area contributed by atoms with Gasteiger partial charge in [-0.15, -0.1) is 16.0 Å². The Hall–Kier alpha value is -3.95. The number of aromatic nitrogens is 3.